The Morgan fingerprint density at radius 1 is 1.71 bits per heavy atom. The van der Waals surface area contributed by atoms with Crippen LogP contribution in [0.1, 0.15) is 14.5 Å². The Morgan fingerprint density at radius 2 is 2.35 bits per heavy atom. The van der Waals surface area contributed by atoms with Gasteiger partial charge in [0.15, 0.2) is 0 Å². The van der Waals surface area contributed by atoms with Crippen molar-refractivity contribution in [3.8, 4) is 0 Å². The lowest BCUT2D eigenvalue weighted by Crippen LogP contribution is -2.35. The quantitative estimate of drug-likeness (QED) is 0.816. The molecule has 17 heavy (non-hydrogen) atoms. The van der Waals surface area contributed by atoms with Crippen molar-refractivity contribution >= 4 is 22.9 Å². The second kappa shape index (κ2) is 6.00. The summed E-state index contributed by atoms with van der Waals surface area (Å²) in [6.07, 6.45) is -0.674. The van der Waals surface area contributed by atoms with Crippen LogP contribution in [-0.4, -0.2) is 49.3 Å². The van der Waals surface area contributed by atoms with Gasteiger partial charge < -0.3 is 20.5 Å². The molecule has 0 bridgehead atoms. The number of carbonyl (C=O) groups excluding carboxylic acids is 1. The molecule has 1 aromatic rings. The number of anilines is 1. The van der Waals surface area contributed by atoms with Gasteiger partial charge in [-0.05, 0) is 13.0 Å². The van der Waals surface area contributed by atoms with Crippen molar-refractivity contribution in [3.63, 3.8) is 0 Å². The highest BCUT2D eigenvalue weighted by molar-refractivity contribution is 7.14. The Hall–Kier alpha value is -1.11. The maximum absolute atomic E-state index is 12.0. The van der Waals surface area contributed by atoms with Gasteiger partial charge in [0.25, 0.3) is 5.91 Å². The fourth-order valence-corrected chi connectivity index (χ4v) is 2.37. The maximum Gasteiger partial charge on any atom is 0.263 e. The number of hydrogen-bond donors (Lipinski definition) is 2. The van der Waals surface area contributed by atoms with E-state index in [0.29, 0.717) is 10.6 Å². The standard InChI is InChI=1S/C11H18N2O3S/c1-7-9(12)4-10(17-7)11(15)13(2)5-8(14)6-16-3/h4,8,14H,5-6,12H2,1-3H3. The predicted octanol–water partition coefficient (Wildman–Crippen LogP) is 0.718. The number of aryl methyl sites for hydroxylation is 1. The number of hydrogen-bond acceptors (Lipinski definition) is 5. The number of rotatable bonds is 5. The summed E-state index contributed by atoms with van der Waals surface area (Å²) in [6.45, 7) is 2.32. The monoisotopic (exact) mass is 258 g/mol. The van der Waals surface area contributed by atoms with E-state index in [2.05, 4.69) is 0 Å². The van der Waals surface area contributed by atoms with Gasteiger partial charge in [-0.2, -0.15) is 0 Å². The minimum Gasteiger partial charge on any atom is -0.398 e. The molecule has 0 aliphatic carbocycles. The third kappa shape index (κ3) is 3.69. The normalized spacial score (nSPS) is 12.5. The molecule has 0 radical (unpaired) electrons. The van der Waals surface area contributed by atoms with Crippen molar-refractivity contribution in [1.29, 1.82) is 0 Å². The Balaban J connectivity index is 2.63. The summed E-state index contributed by atoms with van der Waals surface area (Å²) < 4.78 is 4.81. The number of aliphatic hydroxyl groups is 1. The van der Waals surface area contributed by atoms with Crippen LogP contribution in [-0.2, 0) is 4.74 Å². The molecule has 1 amide bonds. The highest BCUT2D eigenvalue weighted by Gasteiger charge is 2.17. The van der Waals surface area contributed by atoms with Gasteiger partial charge in [-0.3, -0.25) is 4.79 Å². The van der Waals surface area contributed by atoms with Crippen LogP contribution < -0.4 is 5.73 Å². The summed E-state index contributed by atoms with van der Waals surface area (Å²) in [4.78, 5) is 15.0. The molecule has 1 heterocycles. The Bertz CT molecular complexity index is 373. The molecule has 0 saturated heterocycles. The van der Waals surface area contributed by atoms with Crippen molar-refractivity contribution in [2.45, 2.75) is 13.0 Å². The molecule has 0 aromatic carbocycles. The second-order valence-corrected chi connectivity index (χ2v) is 5.17. The van der Waals surface area contributed by atoms with Crippen molar-refractivity contribution in [3.05, 3.63) is 15.8 Å². The zero-order chi connectivity index (χ0) is 13.0. The number of thiophene rings is 1. The third-order valence-electron chi connectivity index (χ3n) is 2.36. The van der Waals surface area contributed by atoms with Crippen LogP contribution in [0.2, 0.25) is 0 Å². The summed E-state index contributed by atoms with van der Waals surface area (Å²) >= 11 is 1.36. The first-order valence-electron chi connectivity index (χ1n) is 5.24. The van der Waals surface area contributed by atoms with Crippen molar-refractivity contribution in [2.24, 2.45) is 0 Å². The van der Waals surface area contributed by atoms with E-state index in [1.807, 2.05) is 6.92 Å². The van der Waals surface area contributed by atoms with E-state index in [4.69, 9.17) is 10.5 Å². The number of likely N-dealkylation sites (N-methyl/N-ethyl adjacent to an activating group) is 1. The summed E-state index contributed by atoms with van der Waals surface area (Å²) in [6, 6.07) is 1.67. The van der Waals surface area contributed by atoms with Crippen LogP contribution in [0, 0.1) is 6.92 Å². The fraction of sp³-hybridized carbons (Fsp3) is 0.545. The molecule has 1 rings (SSSR count). The van der Waals surface area contributed by atoms with E-state index in [1.54, 1.807) is 13.1 Å². The van der Waals surface area contributed by atoms with Gasteiger partial charge in [0, 0.05) is 31.3 Å². The molecule has 5 nitrogen and oxygen atoms in total. The van der Waals surface area contributed by atoms with E-state index in [9.17, 15) is 9.90 Å². The van der Waals surface area contributed by atoms with E-state index in [-0.39, 0.29) is 19.1 Å². The van der Waals surface area contributed by atoms with Crippen molar-refractivity contribution in [1.82, 2.24) is 4.90 Å². The molecule has 0 saturated carbocycles. The number of methoxy groups -OCH3 is 1. The minimum atomic E-state index is -0.674. The predicted molar refractivity (Wildman–Crippen MR) is 68.3 cm³/mol. The van der Waals surface area contributed by atoms with Gasteiger partial charge in [-0.15, -0.1) is 11.3 Å². The van der Waals surface area contributed by atoms with Crippen LogP contribution in [0.5, 0.6) is 0 Å². The smallest absolute Gasteiger partial charge is 0.263 e. The molecule has 6 heteroatoms. The molecule has 1 aromatic heterocycles. The molecule has 96 valence electrons. The molecule has 0 aliphatic rings. The van der Waals surface area contributed by atoms with E-state index in [1.165, 1.54) is 23.3 Å². The van der Waals surface area contributed by atoms with Crippen LogP contribution in [0.3, 0.4) is 0 Å². The zero-order valence-corrected chi connectivity index (χ0v) is 11.1. The number of amides is 1. The largest absolute Gasteiger partial charge is 0.398 e. The van der Waals surface area contributed by atoms with E-state index >= 15 is 0 Å². The van der Waals surface area contributed by atoms with Crippen LogP contribution in [0.4, 0.5) is 5.69 Å². The van der Waals surface area contributed by atoms with Gasteiger partial charge in [-0.1, -0.05) is 0 Å². The number of aliphatic hydroxyl groups excluding tert-OH is 1. The molecule has 1 unspecified atom stereocenters. The summed E-state index contributed by atoms with van der Waals surface area (Å²) in [5.41, 5.74) is 6.33. The number of nitrogen functional groups attached to an aromatic ring is 1. The van der Waals surface area contributed by atoms with E-state index in [0.717, 1.165) is 4.88 Å². The van der Waals surface area contributed by atoms with Crippen molar-refractivity contribution in [2.75, 3.05) is 33.0 Å². The second-order valence-electron chi connectivity index (χ2n) is 3.92. The zero-order valence-electron chi connectivity index (χ0n) is 10.3. The summed E-state index contributed by atoms with van der Waals surface area (Å²) in [7, 11) is 3.15. The van der Waals surface area contributed by atoms with Crippen molar-refractivity contribution < 1.29 is 14.6 Å². The molecular weight excluding hydrogens is 240 g/mol. The Labute approximate surface area is 105 Å². The number of nitrogens with zero attached hydrogens (tertiary/aromatic N) is 1. The van der Waals surface area contributed by atoms with E-state index < -0.39 is 6.10 Å². The summed E-state index contributed by atoms with van der Waals surface area (Å²) in [5, 5.41) is 9.54. The number of nitrogens with two attached hydrogens (primary N) is 1. The van der Waals surface area contributed by atoms with Gasteiger partial charge in [0.2, 0.25) is 0 Å². The Morgan fingerprint density at radius 3 is 2.82 bits per heavy atom. The molecule has 3 N–H and O–H groups in total. The first-order chi connectivity index (χ1) is 7.95. The third-order valence-corrected chi connectivity index (χ3v) is 3.41. The van der Waals surface area contributed by atoms with Gasteiger partial charge in [0.1, 0.15) is 0 Å². The van der Waals surface area contributed by atoms with Crippen LogP contribution in [0.25, 0.3) is 0 Å². The average molecular weight is 258 g/mol. The first kappa shape index (κ1) is 14.0. The number of carbonyl (C=O) groups is 1. The van der Waals surface area contributed by atoms with Crippen LogP contribution >= 0.6 is 11.3 Å². The molecule has 1 atom stereocenters. The highest BCUT2D eigenvalue weighted by atomic mass is 32.1. The minimum absolute atomic E-state index is 0.134. The summed E-state index contributed by atoms with van der Waals surface area (Å²) in [5.74, 6) is -0.134. The highest BCUT2D eigenvalue weighted by Crippen LogP contribution is 2.24. The van der Waals surface area contributed by atoms with Gasteiger partial charge >= 0.3 is 0 Å². The van der Waals surface area contributed by atoms with Gasteiger partial charge in [-0.25, -0.2) is 0 Å². The lowest BCUT2D eigenvalue weighted by atomic mass is 10.3. The molecular formula is C11H18N2O3S. The average Bonchev–Trinajstić information content (AvgIpc) is 2.58. The fourth-order valence-electron chi connectivity index (χ4n) is 1.43. The van der Waals surface area contributed by atoms with Gasteiger partial charge in [0.05, 0.1) is 17.6 Å². The first-order valence-corrected chi connectivity index (χ1v) is 6.05. The number of ether oxygens (including phenoxy) is 1. The van der Waals surface area contributed by atoms with Crippen LogP contribution in [0.15, 0.2) is 6.07 Å². The molecule has 0 fully saturated rings. The lowest BCUT2D eigenvalue weighted by Gasteiger charge is -2.19. The topological polar surface area (TPSA) is 75.8 Å². The SMILES string of the molecule is COCC(O)CN(C)C(=O)c1cc(N)c(C)s1. The Kier molecular flexibility index (Phi) is 4.92. The lowest BCUT2D eigenvalue weighted by molar-refractivity contribution is 0.0382. The maximum atomic E-state index is 12.0. The molecule has 0 aliphatic heterocycles. The molecule has 0 spiro atoms.